The van der Waals surface area contributed by atoms with Crippen molar-refractivity contribution in [3.05, 3.63) is 86.4 Å². The number of carbonyl (C=O) groups excluding carboxylic acids is 4. The number of amides is 4. The molecule has 2 heterocycles. The maximum absolute atomic E-state index is 12.2. The molecule has 4 amide bonds. The highest BCUT2D eigenvalue weighted by Crippen LogP contribution is 2.20. The van der Waals surface area contributed by atoms with Crippen molar-refractivity contribution in [3.63, 3.8) is 0 Å². The van der Waals surface area contributed by atoms with Gasteiger partial charge in [-0.05, 0) is 71.2 Å². The number of fused-ring (bicyclic) bond motifs is 3. The molecule has 2 N–H and O–H groups in total. The SMILES string of the molecule is C=C1C(=O)NC(=O)C(/C=C\c2cc(=C)c3c/c2=C\C=C2/C=C(CC3)C(=O)NC2=O)=C1C. The van der Waals surface area contributed by atoms with Gasteiger partial charge in [0.15, 0.2) is 0 Å². The van der Waals surface area contributed by atoms with Crippen LogP contribution < -0.4 is 21.1 Å². The van der Waals surface area contributed by atoms with E-state index >= 15 is 0 Å². The molecule has 4 rings (SSSR count). The van der Waals surface area contributed by atoms with Crippen molar-refractivity contribution in [1.82, 2.24) is 10.6 Å². The topological polar surface area (TPSA) is 92.3 Å². The van der Waals surface area contributed by atoms with Crippen molar-refractivity contribution >= 4 is 42.4 Å². The van der Waals surface area contributed by atoms with E-state index in [4.69, 9.17) is 0 Å². The predicted octanol–water partition coefficient (Wildman–Crippen LogP) is 0.875. The van der Waals surface area contributed by atoms with E-state index in [0.29, 0.717) is 35.1 Å². The van der Waals surface area contributed by atoms with Crippen molar-refractivity contribution in [1.29, 1.82) is 0 Å². The van der Waals surface area contributed by atoms with Crippen LogP contribution in [0, 0.1) is 0 Å². The third kappa shape index (κ3) is 3.75. The second-order valence-corrected chi connectivity index (χ2v) is 7.63. The van der Waals surface area contributed by atoms with Crippen molar-refractivity contribution < 1.29 is 19.2 Å². The van der Waals surface area contributed by atoms with Crippen LogP contribution in [0.3, 0.4) is 0 Å². The van der Waals surface area contributed by atoms with Crippen LogP contribution >= 0.6 is 0 Å². The minimum Gasteiger partial charge on any atom is -0.288 e. The van der Waals surface area contributed by atoms with E-state index in [1.54, 1.807) is 37.3 Å². The zero-order chi connectivity index (χ0) is 22.3. The molecule has 154 valence electrons. The summed E-state index contributed by atoms with van der Waals surface area (Å²) in [5.41, 5.74) is 3.92. The van der Waals surface area contributed by atoms with Crippen LogP contribution in [-0.2, 0) is 25.6 Å². The molecule has 0 saturated carbocycles. The number of benzene rings is 1. The zero-order valence-electron chi connectivity index (χ0n) is 17.0. The Morgan fingerprint density at radius 2 is 1.61 bits per heavy atom. The number of imide groups is 2. The maximum atomic E-state index is 12.2. The van der Waals surface area contributed by atoms with E-state index in [1.165, 1.54) is 0 Å². The molecule has 0 spiro atoms. The summed E-state index contributed by atoms with van der Waals surface area (Å²) in [5.74, 6) is -1.75. The molecule has 1 aromatic rings. The fraction of sp³-hybridized carbons (Fsp3) is 0.120. The lowest BCUT2D eigenvalue weighted by Crippen LogP contribution is -2.37. The second kappa shape index (κ2) is 7.65. The number of rotatable bonds is 2. The summed E-state index contributed by atoms with van der Waals surface area (Å²) in [6, 6.07) is 3.88. The van der Waals surface area contributed by atoms with Crippen molar-refractivity contribution in [2.45, 2.75) is 19.8 Å². The lowest BCUT2D eigenvalue weighted by molar-refractivity contribution is -0.128. The lowest BCUT2D eigenvalue weighted by atomic mass is 9.93. The third-order valence-corrected chi connectivity index (χ3v) is 5.65. The van der Waals surface area contributed by atoms with Gasteiger partial charge in [-0.15, -0.1) is 0 Å². The van der Waals surface area contributed by atoms with Crippen LogP contribution in [0.15, 0.2) is 64.8 Å². The predicted molar refractivity (Wildman–Crippen MR) is 117 cm³/mol. The quantitative estimate of drug-likeness (QED) is 0.557. The Balaban J connectivity index is 1.83. The van der Waals surface area contributed by atoms with E-state index < -0.39 is 17.7 Å². The Morgan fingerprint density at radius 3 is 2.39 bits per heavy atom. The number of aryl methyl sites for hydroxylation is 1. The molecule has 3 aliphatic rings. The van der Waals surface area contributed by atoms with Crippen LogP contribution in [0.1, 0.15) is 24.5 Å². The first-order valence-corrected chi connectivity index (χ1v) is 9.78. The van der Waals surface area contributed by atoms with Gasteiger partial charge in [0.05, 0.1) is 0 Å². The van der Waals surface area contributed by atoms with E-state index in [2.05, 4.69) is 23.8 Å². The van der Waals surface area contributed by atoms with Gasteiger partial charge in [0, 0.05) is 22.3 Å². The van der Waals surface area contributed by atoms with Crippen molar-refractivity contribution in [3.8, 4) is 0 Å². The number of carbonyl (C=O) groups is 4. The first-order valence-electron chi connectivity index (χ1n) is 9.78. The van der Waals surface area contributed by atoms with Gasteiger partial charge in [0.2, 0.25) is 0 Å². The zero-order valence-corrected chi connectivity index (χ0v) is 17.0. The molecule has 2 aliphatic heterocycles. The molecule has 4 bridgehead atoms. The molecule has 0 atom stereocenters. The average molecular weight is 412 g/mol. The number of hydrogen-bond donors (Lipinski definition) is 2. The summed E-state index contributed by atoms with van der Waals surface area (Å²) < 4.78 is 0. The van der Waals surface area contributed by atoms with Crippen LogP contribution in [0.2, 0.25) is 0 Å². The molecule has 0 fully saturated rings. The van der Waals surface area contributed by atoms with Gasteiger partial charge in [0.25, 0.3) is 23.6 Å². The summed E-state index contributed by atoms with van der Waals surface area (Å²) >= 11 is 0. The van der Waals surface area contributed by atoms with Crippen LogP contribution in [0.4, 0.5) is 0 Å². The molecule has 1 aliphatic carbocycles. The van der Waals surface area contributed by atoms with E-state index in [9.17, 15) is 19.2 Å². The minimum atomic E-state index is -0.490. The number of hydrogen-bond acceptors (Lipinski definition) is 4. The summed E-state index contributed by atoms with van der Waals surface area (Å²) in [6.07, 6.45) is 9.64. The first-order chi connectivity index (χ1) is 14.7. The van der Waals surface area contributed by atoms with E-state index in [-0.39, 0.29) is 11.5 Å². The van der Waals surface area contributed by atoms with Crippen molar-refractivity contribution in [2.24, 2.45) is 0 Å². The Morgan fingerprint density at radius 1 is 0.871 bits per heavy atom. The fourth-order valence-corrected chi connectivity index (χ4v) is 3.70. The second-order valence-electron chi connectivity index (χ2n) is 7.63. The average Bonchev–Trinajstić information content (AvgIpc) is 2.72. The fourth-order valence-electron chi connectivity index (χ4n) is 3.70. The van der Waals surface area contributed by atoms with Gasteiger partial charge in [-0.3, -0.25) is 29.8 Å². The van der Waals surface area contributed by atoms with Gasteiger partial charge in [0.1, 0.15) is 0 Å². The Labute approximate surface area is 178 Å². The van der Waals surface area contributed by atoms with Gasteiger partial charge >= 0.3 is 0 Å². The summed E-state index contributed by atoms with van der Waals surface area (Å²) in [4.78, 5) is 48.1. The standard InChI is InChI=1S/C25H20N2O4/c1-13-10-17(8-9-21-14(2)15(3)22(28)26-25(21)31)18-5-7-20-12-19(6-4-16(13)11-18)23(29)27-24(20)30/h5,7-12H,1,3-4,6H2,2H3,(H,26,28,31)(H,27,29,30)/b9-8-,18-5+,20-7+. The summed E-state index contributed by atoms with van der Waals surface area (Å²) in [6.45, 7) is 9.53. The molecule has 0 unspecified atom stereocenters. The van der Waals surface area contributed by atoms with Gasteiger partial charge in [-0.25, -0.2) is 0 Å². The van der Waals surface area contributed by atoms with Crippen LogP contribution in [0.25, 0.3) is 18.7 Å². The molecule has 0 saturated heterocycles. The van der Waals surface area contributed by atoms with Gasteiger partial charge in [-0.2, -0.15) is 0 Å². The Hall–Kier alpha value is -4.06. The lowest BCUT2D eigenvalue weighted by Gasteiger charge is -2.17. The molecule has 31 heavy (non-hydrogen) atoms. The molecule has 6 nitrogen and oxygen atoms in total. The minimum absolute atomic E-state index is 0.256. The number of nitrogens with one attached hydrogen (secondary N) is 2. The van der Waals surface area contributed by atoms with Crippen LogP contribution in [-0.4, -0.2) is 23.6 Å². The Kier molecular flexibility index (Phi) is 4.99. The van der Waals surface area contributed by atoms with E-state index in [1.807, 2.05) is 12.1 Å². The first kappa shape index (κ1) is 20.2. The largest absolute Gasteiger partial charge is 0.288 e. The highest BCUT2D eigenvalue weighted by atomic mass is 16.2. The number of allylic oxidation sites excluding steroid dienone is 1. The van der Waals surface area contributed by atoms with Gasteiger partial charge in [-0.1, -0.05) is 31.4 Å². The van der Waals surface area contributed by atoms with Gasteiger partial charge < -0.3 is 0 Å². The van der Waals surface area contributed by atoms with E-state index in [0.717, 1.165) is 21.6 Å². The monoisotopic (exact) mass is 412 g/mol. The highest BCUT2D eigenvalue weighted by molar-refractivity contribution is 6.18. The smallest absolute Gasteiger partial charge is 0.258 e. The molecule has 1 aromatic carbocycles. The van der Waals surface area contributed by atoms with Crippen molar-refractivity contribution in [2.75, 3.05) is 0 Å². The molecular weight excluding hydrogens is 392 g/mol. The molecular formula is C25H20N2O4. The molecule has 6 heteroatoms. The highest BCUT2D eigenvalue weighted by Gasteiger charge is 2.25. The Bertz CT molecular complexity index is 1340. The summed E-state index contributed by atoms with van der Waals surface area (Å²) in [7, 11) is 0. The summed E-state index contributed by atoms with van der Waals surface area (Å²) in [5, 5.41) is 6.31. The third-order valence-electron chi connectivity index (χ3n) is 5.65. The molecule has 0 radical (unpaired) electrons. The molecule has 0 aromatic heterocycles. The van der Waals surface area contributed by atoms with Crippen LogP contribution in [0.5, 0.6) is 0 Å². The normalized spacial score (nSPS) is 21.7. The maximum Gasteiger partial charge on any atom is 0.258 e.